The Morgan fingerprint density at radius 3 is 2.27 bits per heavy atom. The zero-order chi connectivity index (χ0) is 11.8. The number of allylic oxidation sites excluding steroid dienone is 4. The molecule has 0 heterocycles. The van der Waals surface area contributed by atoms with E-state index in [2.05, 4.69) is 56.6 Å². The Kier molecular flexibility index (Phi) is 4.11. The highest BCUT2D eigenvalue weighted by molar-refractivity contribution is 9.11. The van der Waals surface area contributed by atoms with Crippen molar-refractivity contribution in [1.29, 1.82) is 0 Å². The Morgan fingerprint density at radius 2 is 1.87 bits per heavy atom. The van der Waals surface area contributed by atoms with Crippen LogP contribution in [0, 0.1) is 11.8 Å². The molecule has 0 spiro atoms. The normalized spacial score (nSPS) is 27.7. The lowest BCUT2D eigenvalue weighted by atomic mass is 9.80. The SMILES string of the molecule is CC1=C(C(C)C)C=C(Br)C(Cl)(C(C)C)C1. The summed E-state index contributed by atoms with van der Waals surface area (Å²) in [6.45, 7) is 11.0. The molecule has 0 fully saturated rings. The van der Waals surface area contributed by atoms with Crippen LogP contribution < -0.4 is 0 Å². The van der Waals surface area contributed by atoms with Gasteiger partial charge in [-0.3, -0.25) is 0 Å². The average Bonchev–Trinajstić information content (AvgIpc) is 2.10. The van der Waals surface area contributed by atoms with Crippen LogP contribution in [0.15, 0.2) is 21.7 Å². The number of hydrogen-bond donors (Lipinski definition) is 0. The van der Waals surface area contributed by atoms with Gasteiger partial charge < -0.3 is 0 Å². The van der Waals surface area contributed by atoms with Crippen LogP contribution in [-0.4, -0.2) is 4.87 Å². The molecule has 1 rings (SSSR count). The van der Waals surface area contributed by atoms with E-state index in [1.54, 1.807) is 0 Å². The predicted octanol–water partition coefficient (Wildman–Crippen LogP) is 5.28. The minimum absolute atomic E-state index is 0.234. The van der Waals surface area contributed by atoms with Crippen LogP contribution in [0.5, 0.6) is 0 Å². The van der Waals surface area contributed by atoms with E-state index in [1.165, 1.54) is 11.1 Å². The van der Waals surface area contributed by atoms with Gasteiger partial charge >= 0.3 is 0 Å². The molecule has 0 aromatic carbocycles. The molecule has 0 radical (unpaired) electrons. The molecule has 0 bridgehead atoms. The Bertz CT molecular complexity index is 312. The highest BCUT2D eigenvalue weighted by Gasteiger charge is 2.37. The van der Waals surface area contributed by atoms with Crippen molar-refractivity contribution in [3.8, 4) is 0 Å². The van der Waals surface area contributed by atoms with Gasteiger partial charge in [-0.05, 0) is 36.8 Å². The monoisotopic (exact) mass is 290 g/mol. The third-order valence-corrected chi connectivity index (χ3v) is 5.17. The van der Waals surface area contributed by atoms with Gasteiger partial charge in [0.2, 0.25) is 0 Å². The first-order valence-corrected chi connectivity index (χ1v) is 6.72. The first-order valence-electron chi connectivity index (χ1n) is 5.55. The van der Waals surface area contributed by atoms with Crippen LogP contribution >= 0.6 is 27.5 Å². The second-order valence-electron chi connectivity index (χ2n) is 5.08. The Morgan fingerprint density at radius 1 is 1.33 bits per heavy atom. The molecule has 1 unspecified atom stereocenters. The van der Waals surface area contributed by atoms with Crippen molar-refractivity contribution in [2.24, 2.45) is 11.8 Å². The number of alkyl halides is 1. The van der Waals surface area contributed by atoms with Gasteiger partial charge in [0.05, 0.1) is 4.87 Å². The van der Waals surface area contributed by atoms with Gasteiger partial charge in [0.1, 0.15) is 0 Å². The topological polar surface area (TPSA) is 0 Å². The van der Waals surface area contributed by atoms with Gasteiger partial charge in [0.15, 0.2) is 0 Å². The molecule has 15 heavy (non-hydrogen) atoms. The fraction of sp³-hybridized carbons (Fsp3) is 0.692. The summed E-state index contributed by atoms with van der Waals surface area (Å²) in [7, 11) is 0. The van der Waals surface area contributed by atoms with E-state index in [0.717, 1.165) is 10.9 Å². The smallest absolute Gasteiger partial charge is 0.0819 e. The molecule has 86 valence electrons. The zero-order valence-corrected chi connectivity index (χ0v) is 12.5. The molecule has 1 atom stereocenters. The number of hydrogen-bond acceptors (Lipinski definition) is 0. The number of rotatable bonds is 2. The third kappa shape index (κ3) is 2.50. The van der Waals surface area contributed by atoms with Crippen LogP contribution in [0.25, 0.3) is 0 Å². The highest BCUT2D eigenvalue weighted by Crippen LogP contribution is 2.46. The third-order valence-electron chi connectivity index (χ3n) is 3.23. The summed E-state index contributed by atoms with van der Waals surface area (Å²) in [6.07, 6.45) is 3.17. The lowest BCUT2D eigenvalue weighted by molar-refractivity contribution is 0.482. The van der Waals surface area contributed by atoms with Gasteiger partial charge in [0.25, 0.3) is 0 Å². The molecule has 0 aromatic heterocycles. The van der Waals surface area contributed by atoms with E-state index in [9.17, 15) is 0 Å². The van der Waals surface area contributed by atoms with E-state index in [4.69, 9.17) is 11.6 Å². The van der Waals surface area contributed by atoms with Crippen LogP contribution in [0.3, 0.4) is 0 Å². The van der Waals surface area contributed by atoms with Gasteiger partial charge in [-0.1, -0.05) is 49.2 Å². The fourth-order valence-corrected chi connectivity index (χ4v) is 3.19. The quantitative estimate of drug-likeness (QED) is 0.608. The van der Waals surface area contributed by atoms with Crippen LogP contribution in [0.1, 0.15) is 41.0 Å². The van der Waals surface area contributed by atoms with Gasteiger partial charge in [-0.25, -0.2) is 0 Å². The molecular formula is C13H20BrCl. The molecule has 1 aliphatic rings. The largest absolute Gasteiger partial charge is 0.113 e. The minimum atomic E-state index is -0.234. The average molecular weight is 292 g/mol. The Hall–Kier alpha value is 0.250. The molecule has 2 heteroatoms. The van der Waals surface area contributed by atoms with Gasteiger partial charge in [0, 0.05) is 4.48 Å². The fourth-order valence-electron chi connectivity index (χ4n) is 2.09. The van der Waals surface area contributed by atoms with E-state index < -0.39 is 0 Å². The molecule has 0 N–H and O–H groups in total. The van der Waals surface area contributed by atoms with Crippen molar-refractivity contribution < 1.29 is 0 Å². The Balaban J connectivity index is 3.09. The molecule has 0 nitrogen and oxygen atoms in total. The second-order valence-corrected chi connectivity index (χ2v) is 6.61. The first-order chi connectivity index (χ1) is 6.79. The van der Waals surface area contributed by atoms with Gasteiger partial charge in [-0.15, -0.1) is 11.6 Å². The Labute approximate surface area is 107 Å². The molecule has 0 aromatic rings. The molecule has 0 saturated heterocycles. The van der Waals surface area contributed by atoms with Gasteiger partial charge in [-0.2, -0.15) is 0 Å². The van der Waals surface area contributed by atoms with Crippen LogP contribution in [0.4, 0.5) is 0 Å². The molecular weight excluding hydrogens is 272 g/mol. The van der Waals surface area contributed by atoms with E-state index in [1.807, 2.05) is 0 Å². The summed E-state index contributed by atoms with van der Waals surface area (Å²) in [5.74, 6) is 1.01. The predicted molar refractivity (Wildman–Crippen MR) is 72.6 cm³/mol. The van der Waals surface area contributed by atoms with Crippen LogP contribution in [-0.2, 0) is 0 Å². The summed E-state index contributed by atoms with van der Waals surface area (Å²) in [4.78, 5) is -0.234. The van der Waals surface area contributed by atoms with Crippen molar-refractivity contribution in [2.45, 2.75) is 45.9 Å². The maximum absolute atomic E-state index is 6.68. The van der Waals surface area contributed by atoms with Crippen molar-refractivity contribution in [3.05, 3.63) is 21.7 Å². The lowest BCUT2D eigenvalue weighted by Gasteiger charge is -2.36. The molecule has 1 aliphatic carbocycles. The first kappa shape index (κ1) is 13.3. The lowest BCUT2D eigenvalue weighted by Crippen LogP contribution is -2.32. The van der Waals surface area contributed by atoms with E-state index in [-0.39, 0.29) is 4.87 Å². The molecule has 0 aliphatic heterocycles. The minimum Gasteiger partial charge on any atom is -0.113 e. The maximum Gasteiger partial charge on any atom is 0.0819 e. The molecule has 0 saturated carbocycles. The highest BCUT2D eigenvalue weighted by atomic mass is 79.9. The second kappa shape index (κ2) is 4.63. The van der Waals surface area contributed by atoms with Crippen molar-refractivity contribution in [2.75, 3.05) is 0 Å². The summed E-state index contributed by atoms with van der Waals surface area (Å²) < 4.78 is 1.14. The zero-order valence-electron chi connectivity index (χ0n) is 10.2. The van der Waals surface area contributed by atoms with Crippen molar-refractivity contribution >= 4 is 27.5 Å². The van der Waals surface area contributed by atoms with E-state index in [0.29, 0.717) is 11.8 Å². The van der Waals surface area contributed by atoms with Crippen molar-refractivity contribution in [3.63, 3.8) is 0 Å². The standard InChI is InChI=1S/C13H20BrCl/c1-8(2)11-6-12(14)13(15,9(3)4)7-10(11)5/h6,8-9H,7H2,1-5H3. The summed E-state index contributed by atoms with van der Waals surface area (Å²) >= 11 is 10.3. The maximum atomic E-state index is 6.68. The van der Waals surface area contributed by atoms with Crippen molar-refractivity contribution in [1.82, 2.24) is 0 Å². The summed E-state index contributed by atoms with van der Waals surface area (Å²) in [5.41, 5.74) is 2.86. The van der Waals surface area contributed by atoms with Crippen LogP contribution in [0.2, 0.25) is 0 Å². The summed E-state index contributed by atoms with van der Waals surface area (Å²) in [5, 5.41) is 0. The summed E-state index contributed by atoms with van der Waals surface area (Å²) in [6, 6.07) is 0. The molecule has 0 amide bonds. The number of halogens is 2. The van der Waals surface area contributed by atoms with E-state index >= 15 is 0 Å².